The molecular formula is C15H23F2N3. The summed E-state index contributed by atoms with van der Waals surface area (Å²) in [6.07, 6.45) is 0.636. The van der Waals surface area contributed by atoms with Gasteiger partial charge in [-0.25, -0.2) is 8.78 Å². The number of hydrogen-bond donors (Lipinski definition) is 1. The maximum absolute atomic E-state index is 13.7. The molecule has 2 atom stereocenters. The van der Waals surface area contributed by atoms with E-state index < -0.39 is 17.7 Å². The van der Waals surface area contributed by atoms with Gasteiger partial charge in [0, 0.05) is 43.8 Å². The predicted molar refractivity (Wildman–Crippen MR) is 76.4 cm³/mol. The largest absolute Gasteiger partial charge is 0.324 e. The number of hydrogen-bond acceptors (Lipinski definition) is 3. The zero-order chi connectivity index (χ0) is 14.7. The highest BCUT2D eigenvalue weighted by Gasteiger charge is 2.21. The average Bonchev–Trinajstić information content (AvgIpc) is 2.43. The van der Waals surface area contributed by atoms with Crippen molar-refractivity contribution in [2.75, 3.05) is 33.2 Å². The van der Waals surface area contributed by atoms with Gasteiger partial charge in [0.2, 0.25) is 0 Å². The van der Waals surface area contributed by atoms with Crippen molar-refractivity contribution in [1.29, 1.82) is 0 Å². The molecule has 1 aromatic rings. The first-order chi connectivity index (χ1) is 9.49. The number of nitrogens with two attached hydrogens (primary N) is 1. The van der Waals surface area contributed by atoms with E-state index in [1.54, 1.807) is 6.07 Å². The van der Waals surface area contributed by atoms with Crippen LogP contribution in [0, 0.1) is 11.6 Å². The monoisotopic (exact) mass is 283 g/mol. The van der Waals surface area contributed by atoms with Gasteiger partial charge in [-0.1, -0.05) is 12.1 Å². The zero-order valence-corrected chi connectivity index (χ0v) is 12.1. The lowest BCUT2D eigenvalue weighted by molar-refractivity contribution is 0.103. The van der Waals surface area contributed by atoms with E-state index in [9.17, 15) is 8.78 Å². The highest BCUT2D eigenvalue weighted by molar-refractivity contribution is 5.22. The fraction of sp³-hybridized carbons (Fsp3) is 0.600. The molecule has 1 aliphatic heterocycles. The molecule has 3 nitrogen and oxygen atoms in total. The SMILES string of the molecule is CC1CN(CCC(N)c2cccc(F)c2F)CCN1C. The van der Waals surface area contributed by atoms with Gasteiger partial charge in [-0.2, -0.15) is 0 Å². The lowest BCUT2D eigenvalue weighted by Gasteiger charge is -2.38. The molecule has 1 aromatic carbocycles. The first-order valence-corrected chi connectivity index (χ1v) is 7.11. The van der Waals surface area contributed by atoms with E-state index in [1.165, 1.54) is 6.07 Å². The summed E-state index contributed by atoms with van der Waals surface area (Å²) in [7, 11) is 2.12. The summed E-state index contributed by atoms with van der Waals surface area (Å²) in [6.45, 7) is 6.03. The molecule has 2 rings (SSSR count). The fourth-order valence-electron chi connectivity index (χ4n) is 2.61. The Balaban J connectivity index is 1.89. The van der Waals surface area contributed by atoms with Crippen LogP contribution in [0.2, 0.25) is 0 Å². The Kier molecular flexibility index (Phi) is 5.07. The third-order valence-corrected chi connectivity index (χ3v) is 4.18. The van der Waals surface area contributed by atoms with E-state index in [0.29, 0.717) is 12.5 Å². The van der Waals surface area contributed by atoms with Crippen LogP contribution >= 0.6 is 0 Å². The van der Waals surface area contributed by atoms with Crippen molar-refractivity contribution in [3.8, 4) is 0 Å². The average molecular weight is 283 g/mol. The summed E-state index contributed by atoms with van der Waals surface area (Å²) < 4.78 is 26.8. The van der Waals surface area contributed by atoms with E-state index >= 15 is 0 Å². The van der Waals surface area contributed by atoms with E-state index in [4.69, 9.17) is 5.73 Å². The third kappa shape index (κ3) is 3.53. The molecule has 0 bridgehead atoms. The summed E-state index contributed by atoms with van der Waals surface area (Å²) in [5.74, 6) is -1.64. The number of benzene rings is 1. The maximum atomic E-state index is 13.7. The Labute approximate surface area is 119 Å². The molecule has 0 spiro atoms. The second-order valence-electron chi connectivity index (χ2n) is 5.67. The second-order valence-corrected chi connectivity index (χ2v) is 5.67. The Bertz CT molecular complexity index is 453. The first kappa shape index (κ1) is 15.4. The Morgan fingerprint density at radius 3 is 2.80 bits per heavy atom. The van der Waals surface area contributed by atoms with Gasteiger partial charge in [-0.05, 0) is 26.5 Å². The fourth-order valence-corrected chi connectivity index (χ4v) is 2.61. The van der Waals surface area contributed by atoms with Crippen LogP contribution in [0.1, 0.15) is 24.9 Å². The molecule has 112 valence electrons. The van der Waals surface area contributed by atoms with Crippen molar-refractivity contribution >= 4 is 0 Å². The second kappa shape index (κ2) is 6.61. The minimum absolute atomic E-state index is 0.271. The Morgan fingerprint density at radius 2 is 2.10 bits per heavy atom. The van der Waals surface area contributed by atoms with Crippen molar-refractivity contribution in [3.63, 3.8) is 0 Å². The van der Waals surface area contributed by atoms with Crippen LogP contribution in [-0.2, 0) is 0 Å². The standard InChI is InChI=1S/C15H23F2N3/c1-11-10-20(9-8-19(11)2)7-6-14(18)12-4-3-5-13(16)15(12)17/h3-5,11,14H,6-10,18H2,1-2H3. The number of likely N-dealkylation sites (N-methyl/N-ethyl adjacent to an activating group) is 1. The molecule has 2 N–H and O–H groups in total. The van der Waals surface area contributed by atoms with Crippen molar-refractivity contribution < 1.29 is 8.78 Å². The number of halogens is 2. The van der Waals surface area contributed by atoms with Gasteiger partial charge < -0.3 is 15.5 Å². The van der Waals surface area contributed by atoms with Crippen LogP contribution in [0.5, 0.6) is 0 Å². The Hall–Kier alpha value is -1.04. The van der Waals surface area contributed by atoms with E-state index in [0.717, 1.165) is 32.2 Å². The molecule has 1 heterocycles. The lowest BCUT2D eigenvalue weighted by atomic mass is 10.0. The summed E-state index contributed by atoms with van der Waals surface area (Å²) in [5, 5.41) is 0. The van der Waals surface area contributed by atoms with E-state index in [1.807, 2.05) is 0 Å². The van der Waals surface area contributed by atoms with Gasteiger partial charge in [0.25, 0.3) is 0 Å². The van der Waals surface area contributed by atoms with Crippen molar-refractivity contribution in [3.05, 3.63) is 35.4 Å². The lowest BCUT2D eigenvalue weighted by Crippen LogP contribution is -2.50. The molecular weight excluding hydrogens is 260 g/mol. The van der Waals surface area contributed by atoms with Crippen molar-refractivity contribution in [2.45, 2.75) is 25.4 Å². The zero-order valence-electron chi connectivity index (χ0n) is 12.1. The molecule has 20 heavy (non-hydrogen) atoms. The number of piperazine rings is 1. The number of rotatable bonds is 4. The van der Waals surface area contributed by atoms with Gasteiger partial charge in [0.15, 0.2) is 11.6 Å². The molecule has 1 fully saturated rings. The van der Waals surface area contributed by atoms with Crippen molar-refractivity contribution in [2.24, 2.45) is 5.73 Å². The molecule has 0 aliphatic carbocycles. The molecule has 0 radical (unpaired) electrons. The van der Waals surface area contributed by atoms with Gasteiger partial charge in [-0.3, -0.25) is 0 Å². The molecule has 2 unspecified atom stereocenters. The normalized spacial score (nSPS) is 22.9. The van der Waals surface area contributed by atoms with Crippen LogP contribution < -0.4 is 5.73 Å². The molecule has 5 heteroatoms. The maximum Gasteiger partial charge on any atom is 0.163 e. The van der Waals surface area contributed by atoms with Gasteiger partial charge in [-0.15, -0.1) is 0 Å². The van der Waals surface area contributed by atoms with Gasteiger partial charge in [0.05, 0.1) is 0 Å². The minimum atomic E-state index is -0.828. The predicted octanol–water partition coefficient (Wildman–Crippen LogP) is 1.99. The third-order valence-electron chi connectivity index (χ3n) is 4.18. The Morgan fingerprint density at radius 1 is 1.35 bits per heavy atom. The van der Waals surface area contributed by atoms with Crippen LogP contribution in [0.3, 0.4) is 0 Å². The van der Waals surface area contributed by atoms with Gasteiger partial charge >= 0.3 is 0 Å². The molecule has 0 aromatic heterocycles. The molecule has 0 saturated carbocycles. The summed E-state index contributed by atoms with van der Waals surface area (Å²) in [5.41, 5.74) is 6.27. The van der Waals surface area contributed by atoms with Crippen LogP contribution in [0.25, 0.3) is 0 Å². The van der Waals surface area contributed by atoms with E-state index in [-0.39, 0.29) is 5.56 Å². The highest BCUT2D eigenvalue weighted by atomic mass is 19.2. The van der Waals surface area contributed by atoms with Crippen LogP contribution in [-0.4, -0.2) is 49.1 Å². The summed E-state index contributed by atoms with van der Waals surface area (Å²) in [6, 6.07) is 4.25. The van der Waals surface area contributed by atoms with Crippen LogP contribution in [0.15, 0.2) is 18.2 Å². The van der Waals surface area contributed by atoms with Gasteiger partial charge in [0.1, 0.15) is 0 Å². The number of nitrogens with zero attached hydrogens (tertiary/aromatic N) is 2. The minimum Gasteiger partial charge on any atom is -0.324 e. The van der Waals surface area contributed by atoms with E-state index in [2.05, 4.69) is 23.8 Å². The highest BCUT2D eigenvalue weighted by Crippen LogP contribution is 2.20. The van der Waals surface area contributed by atoms with Crippen molar-refractivity contribution in [1.82, 2.24) is 9.80 Å². The smallest absolute Gasteiger partial charge is 0.163 e. The summed E-state index contributed by atoms with van der Waals surface area (Å²) >= 11 is 0. The van der Waals surface area contributed by atoms with Crippen LogP contribution in [0.4, 0.5) is 8.78 Å². The molecule has 1 saturated heterocycles. The topological polar surface area (TPSA) is 32.5 Å². The molecule has 1 aliphatic rings. The molecule has 0 amide bonds. The summed E-state index contributed by atoms with van der Waals surface area (Å²) in [4.78, 5) is 4.66. The first-order valence-electron chi connectivity index (χ1n) is 7.11. The quantitative estimate of drug-likeness (QED) is 0.917.